The number of nitrogens with one attached hydrogen (secondary N) is 1. The van der Waals surface area contributed by atoms with Gasteiger partial charge in [-0.1, -0.05) is 0 Å². The fourth-order valence-electron chi connectivity index (χ4n) is 2.23. The first-order chi connectivity index (χ1) is 9.84. The molecule has 0 aliphatic carbocycles. The van der Waals surface area contributed by atoms with E-state index in [1.165, 1.54) is 0 Å². The molecule has 2 aromatic carbocycles. The molecule has 1 N–H and O–H groups in total. The number of hydrogen-bond acceptors (Lipinski definition) is 4. The van der Waals surface area contributed by atoms with Crippen molar-refractivity contribution in [2.45, 2.75) is 0 Å². The van der Waals surface area contributed by atoms with Gasteiger partial charge in [-0.05, 0) is 0 Å². The minimum absolute atomic E-state index is 0.201. The third kappa shape index (κ3) is 1.72. The van der Waals surface area contributed by atoms with Crippen molar-refractivity contribution in [1.29, 1.82) is 0 Å². The number of nitrogens with zero attached hydrogens (tertiary/aromatic N) is 2. The minimum atomic E-state index is -0.653. The Kier molecular flexibility index (Phi) is 2.71. The number of halogens is 1. The Balaban J connectivity index is 2.15. The average Bonchev–Trinajstić information content (AvgIpc) is 2.68. The molecular weight excluding hydrogens is 369 g/mol. The molecule has 0 unspecified atom stereocenters. The van der Waals surface area contributed by atoms with Gasteiger partial charge in [0.25, 0.3) is 0 Å². The van der Waals surface area contributed by atoms with Crippen LogP contribution in [-0.4, -0.2) is 7.76 Å². The van der Waals surface area contributed by atoms with Crippen LogP contribution in [0.4, 0.5) is 0 Å². The number of fused-ring (bicyclic) bond motifs is 5. The van der Waals surface area contributed by atoms with Gasteiger partial charge in [-0.2, -0.15) is 0 Å². The van der Waals surface area contributed by atoms with Gasteiger partial charge in [0.05, 0.1) is 0 Å². The quantitative estimate of drug-likeness (QED) is 0.392. The predicted molar refractivity (Wildman–Crippen MR) is 70.6 cm³/mol. The van der Waals surface area contributed by atoms with E-state index in [1.54, 1.807) is 6.07 Å². The number of aromatic nitrogens is 2. The van der Waals surface area contributed by atoms with Gasteiger partial charge in [0.15, 0.2) is 0 Å². The molecule has 1 aromatic heterocycles. The van der Waals surface area contributed by atoms with E-state index in [4.69, 9.17) is 4.84 Å². The number of para-hydroxylation sites is 2. The SMILES string of the molecule is O=c1nc2n(c3ccccc13)[I-]NOc1ccccc1-2. The molecular formula is C14H9IN3O2-. The zero-order valence-corrected chi connectivity index (χ0v) is 12.4. The Hall–Kier alpha value is -1.93. The van der Waals surface area contributed by atoms with Crippen molar-refractivity contribution in [3.8, 4) is 17.1 Å². The summed E-state index contributed by atoms with van der Waals surface area (Å²) in [5.41, 5.74) is 1.52. The Morgan fingerprint density at radius 3 is 2.85 bits per heavy atom. The normalized spacial score (nSPS) is 13.6. The van der Waals surface area contributed by atoms with E-state index in [-0.39, 0.29) is 5.56 Å². The average molecular weight is 378 g/mol. The second kappa shape index (κ2) is 4.57. The fraction of sp³-hybridized carbons (Fsp3) is 0. The maximum absolute atomic E-state index is 12.2. The van der Waals surface area contributed by atoms with Crippen LogP contribution in [0.5, 0.6) is 5.75 Å². The standard InChI is InChI=1S/C14H9IN3O2/c19-14-9-5-1-3-7-11(9)18-13(16-14)10-6-2-4-8-12(10)20-17-15-18/h1-8,17H/q-1. The van der Waals surface area contributed by atoms with E-state index in [0.29, 0.717) is 17.0 Å². The van der Waals surface area contributed by atoms with Crippen LogP contribution in [0.25, 0.3) is 22.3 Å². The van der Waals surface area contributed by atoms with Crippen LogP contribution in [-0.2, 0) is 0 Å². The van der Waals surface area contributed by atoms with Crippen LogP contribution in [0.3, 0.4) is 0 Å². The third-order valence-corrected chi connectivity index (χ3v) is 5.01. The van der Waals surface area contributed by atoms with Gasteiger partial charge in [0.1, 0.15) is 0 Å². The maximum atomic E-state index is 12.2. The van der Waals surface area contributed by atoms with Crippen LogP contribution in [0, 0.1) is 0 Å². The molecule has 0 saturated heterocycles. The fourth-order valence-corrected chi connectivity index (χ4v) is 4.03. The first kappa shape index (κ1) is 11.9. The van der Waals surface area contributed by atoms with Crippen molar-refractivity contribution >= 4 is 10.9 Å². The van der Waals surface area contributed by atoms with E-state index in [2.05, 4.69) is 11.5 Å². The Morgan fingerprint density at radius 2 is 1.90 bits per heavy atom. The summed E-state index contributed by atoms with van der Waals surface area (Å²) in [7, 11) is 0. The number of benzene rings is 2. The molecule has 2 heterocycles. The third-order valence-electron chi connectivity index (χ3n) is 3.13. The molecule has 0 bridgehead atoms. The molecule has 3 aromatic rings. The van der Waals surface area contributed by atoms with E-state index in [1.807, 2.05) is 42.5 Å². The summed E-state index contributed by atoms with van der Waals surface area (Å²) in [6.45, 7) is 0. The van der Waals surface area contributed by atoms with Gasteiger partial charge >= 0.3 is 125 Å². The van der Waals surface area contributed by atoms with Crippen LogP contribution in [0.1, 0.15) is 0 Å². The van der Waals surface area contributed by atoms with Crippen LogP contribution < -0.4 is 35.8 Å². The number of rotatable bonds is 0. The van der Waals surface area contributed by atoms with Crippen molar-refractivity contribution < 1.29 is 26.6 Å². The van der Waals surface area contributed by atoms with Crippen molar-refractivity contribution in [2.24, 2.45) is 0 Å². The van der Waals surface area contributed by atoms with E-state index in [0.717, 1.165) is 11.1 Å². The van der Waals surface area contributed by atoms with E-state index >= 15 is 0 Å². The van der Waals surface area contributed by atoms with E-state index < -0.39 is 21.8 Å². The van der Waals surface area contributed by atoms with Gasteiger partial charge in [0, 0.05) is 0 Å². The summed E-state index contributed by atoms with van der Waals surface area (Å²) in [4.78, 5) is 22.0. The van der Waals surface area contributed by atoms with Crippen molar-refractivity contribution in [3.63, 3.8) is 0 Å². The zero-order valence-electron chi connectivity index (χ0n) is 10.2. The van der Waals surface area contributed by atoms with Gasteiger partial charge in [0.2, 0.25) is 0 Å². The molecule has 100 valence electrons. The van der Waals surface area contributed by atoms with Gasteiger partial charge in [-0.25, -0.2) is 0 Å². The Bertz CT molecular complexity index is 876. The summed E-state index contributed by atoms with van der Waals surface area (Å²) in [5, 5.41) is 0.636. The Labute approximate surface area is 125 Å². The summed E-state index contributed by atoms with van der Waals surface area (Å²) >= 11 is -0.653. The van der Waals surface area contributed by atoms with Gasteiger partial charge in [-0.3, -0.25) is 0 Å². The Morgan fingerprint density at radius 1 is 1.10 bits per heavy atom. The van der Waals surface area contributed by atoms with Crippen LogP contribution >= 0.6 is 0 Å². The molecule has 1 aliphatic rings. The molecule has 1 aliphatic heterocycles. The molecule has 0 spiro atoms. The molecule has 20 heavy (non-hydrogen) atoms. The molecule has 4 rings (SSSR count). The zero-order chi connectivity index (χ0) is 13.5. The number of hydrogen-bond donors (Lipinski definition) is 1. The molecule has 5 nitrogen and oxygen atoms in total. The van der Waals surface area contributed by atoms with Crippen molar-refractivity contribution in [1.82, 2.24) is 11.5 Å². The summed E-state index contributed by atoms with van der Waals surface area (Å²) < 4.78 is 5.06. The molecule has 0 fully saturated rings. The molecule has 0 saturated carbocycles. The molecule has 0 atom stereocenters. The molecule has 6 heteroatoms. The second-order valence-corrected chi connectivity index (χ2v) is 6.19. The topological polar surface area (TPSA) is 56.2 Å². The van der Waals surface area contributed by atoms with Gasteiger partial charge in [-0.15, -0.1) is 0 Å². The van der Waals surface area contributed by atoms with Crippen LogP contribution in [0.15, 0.2) is 53.3 Å². The van der Waals surface area contributed by atoms with Gasteiger partial charge < -0.3 is 0 Å². The second-order valence-electron chi connectivity index (χ2n) is 4.30. The van der Waals surface area contributed by atoms with Crippen molar-refractivity contribution in [3.05, 3.63) is 58.9 Å². The summed E-state index contributed by atoms with van der Waals surface area (Å²) in [6.07, 6.45) is 0. The first-order valence-electron chi connectivity index (χ1n) is 6.02. The molecule has 0 radical (unpaired) electrons. The monoisotopic (exact) mass is 378 g/mol. The summed E-state index contributed by atoms with van der Waals surface area (Å²) in [6, 6.07) is 15.1. The van der Waals surface area contributed by atoms with Crippen LogP contribution in [0.2, 0.25) is 0 Å². The predicted octanol–water partition coefficient (Wildman–Crippen LogP) is -1.27. The first-order valence-corrected chi connectivity index (χ1v) is 8.06. The van der Waals surface area contributed by atoms with Crippen molar-refractivity contribution in [2.75, 3.05) is 0 Å². The van der Waals surface area contributed by atoms with E-state index in [9.17, 15) is 4.79 Å². The summed E-state index contributed by atoms with van der Waals surface area (Å²) in [5.74, 6) is 1.36. The molecule has 0 amide bonds.